The normalized spacial score (nSPS) is 11.4. The van der Waals surface area contributed by atoms with Crippen molar-refractivity contribution in [3.05, 3.63) is 144 Å². The molecule has 7 heteroatoms. The van der Waals surface area contributed by atoms with Crippen LogP contribution in [0.4, 0.5) is 0 Å². The molecule has 0 aliphatic rings. The third-order valence-corrected chi connectivity index (χ3v) is 8.09. The minimum atomic E-state index is -4.11. The lowest BCUT2D eigenvalue weighted by Crippen LogP contribution is -2.10. The van der Waals surface area contributed by atoms with E-state index in [2.05, 4.69) is 30.3 Å². The van der Waals surface area contributed by atoms with Gasteiger partial charge in [0.25, 0.3) is 0 Å². The van der Waals surface area contributed by atoms with Gasteiger partial charge < -0.3 is 13.7 Å². The standard InChI is InChI=1S/C34H24O6S/c35-34(36)27-16-20-29(21-17-27)41(37,38)40-28-18-14-25(15-19-28)24-10-12-26(13-11-24)33-30-8-4-5-9-31(30)39-32(33)22-23-6-2-1-3-7-23/h1-21H,22H2,(H,35,36). The van der Waals surface area contributed by atoms with Crippen molar-refractivity contribution in [3.8, 4) is 28.0 Å². The van der Waals surface area contributed by atoms with Crippen molar-refractivity contribution < 1.29 is 26.9 Å². The Balaban J connectivity index is 1.24. The molecule has 0 bridgehead atoms. The summed E-state index contributed by atoms with van der Waals surface area (Å²) in [5.74, 6) is -0.0715. The van der Waals surface area contributed by atoms with Crippen molar-refractivity contribution in [1.82, 2.24) is 0 Å². The molecule has 0 spiro atoms. The lowest BCUT2D eigenvalue weighted by molar-refractivity contribution is 0.0696. The van der Waals surface area contributed by atoms with Crippen LogP contribution in [0, 0.1) is 0 Å². The molecule has 1 N–H and O–H groups in total. The van der Waals surface area contributed by atoms with Crippen molar-refractivity contribution in [2.75, 3.05) is 0 Å². The molecule has 0 radical (unpaired) electrons. The van der Waals surface area contributed by atoms with Crippen LogP contribution >= 0.6 is 0 Å². The van der Waals surface area contributed by atoms with Crippen molar-refractivity contribution >= 4 is 27.1 Å². The van der Waals surface area contributed by atoms with E-state index in [0.717, 1.165) is 39.0 Å². The number of carboxylic acid groups (broad SMARTS) is 1. The number of fused-ring (bicyclic) bond motifs is 1. The topological polar surface area (TPSA) is 93.8 Å². The van der Waals surface area contributed by atoms with Crippen LogP contribution in [0.2, 0.25) is 0 Å². The fourth-order valence-electron chi connectivity index (χ4n) is 4.79. The monoisotopic (exact) mass is 560 g/mol. The molecule has 0 fully saturated rings. The summed E-state index contributed by atoms with van der Waals surface area (Å²) in [5.41, 5.74) is 5.99. The van der Waals surface area contributed by atoms with Crippen LogP contribution in [0.25, 0.3) is 33.2 Å². The maximum absolute atomic E-state index is 12.6. The average molecular weight is 561 g/mol. The summed E-state index contributed by atoms with van der Waals surface area (Å²) in [5, 5.41) is 10.1. The van der Waals surface area contributed by atoms with E-state index in [1.165, 1.54) is 29.8 Å². The molecule has 0 saturated heterocycles. The number of furan rings is 1. The molecule has 0 unspecified atom stereocenters. The van der Waals surface area contributed by atoms with Gasteiger partial charge in [-0.2, -0.15) is 8.42 Å². The van der Waals surface area contributed by atoms with Gasteiger partial charge in [-0.1, -0.05) is 84.9 Å². The Morgan fingerprint density at radius 1 is 0.683 bits per heavy atom. The van der Waals surface area contributed by atoms with E-state index in [9.17, 15) is 13.2 Å². The fourth-order valence-corrected chi connectivity index (χ4v) is 5.72. The van der Waals surface area contributed by atoms with Gasteiger partial charge in [0.1, 0.15) is 22.0 Å². The molecule has 1 aromatic heterocycles. The Morgan fingerprint density at radius 3 is 1.93 bits per heavy atom. The number of para-hydroxylation sites is 1. The fraction of sp³-hybridized carbons (Fsp3) is 0.0294. The van der Waals surface area contributed by atoms with Crippen molar-refractivity contribution in [1.29, 1.82) is 0 Å². The summed E-state index contributed by atoms with van der Waals surface area (Å²) in [4.78, 5) is 10.9. The average Bonchev–Trinajstić information content (AvgIpc) is 3.36. The molecule has 1 heterocycles. The Morgan fingerprint density at radius 2 is 1.27 bits per heavy atom. The number of hydrogen-bond donors (Lipinski definition) is 1. The predicted molar refractivity (Wildman–Crippen MR) is 158 cm³/mol. The molecule has 0 aliphatic heterocycles. The number of aromatic carboxylic acids is 1. The Labute approximate surface area is 237 Å². The molecule has 0 atom stereocenters. The van der Waals surface area contributed by atoms with E-state index in [-0.39, 0.29) is 16.2 Å². The summed E-state index contributed by atoms with van der Waals surface area (Å²) in [6, 6.07) is 38.1. The Kier molecular flexibility index (Phi) is 6.87. The lowest BCUT2D eigenvalue weighted by atomic mass is 9.96. The Hall–Kier alpha value is -5.14. The molecular weight excluding hydrogens is 536 g/mol. The first kappa shape index (κ1) is 26.1. The van der Waals surface area contributed by atoms with E-state index < -0.39 is 16.1 Å². The van der Waals surface area contributed by atoms with Gasteiger partial charge in [0.2, 0.25) is 0 Å². The molecule has 0 amide bonds. The largest absolute Gasteiger partial charge is 0.478 e. The molecule has 0 aliphatic carbocycles. The van der Waals surface area contributed by atoms with E-state index in [0.29, 0.717) is 6.42 Å². The van der Waals surface area contributed by atoms with Crippen LogP contribution in [0.1, 0.15) is 21.7 Å². The maximum Gasteiger partial charge on any atom is 0.339 e. The molecule has 0 saturated carbocycles. The smallest absolute Gasteiger partial charge is 0.339 e. The van der Waals surface area contributed by atoms with E-state index >= 15 is 0 Å². The van der Waals surface area contributed by atoms with Crippen LogP contribution in [-0.2, 0) is 16.5 Å². The first-order valence-corrected chi connectivity index (χ1v) is 14.3. The summed E-state index contributed by atoms with van der Waals surface area (Å²) in [7, 11) is -4.11. The van der Waals surface area contributed by atoms with Crippen LogP contribution in [0.3, 0.4) is 0 Å². The SMILES string of the molecule is O=C(O)c1ccc(S(=O)(=O)Oc2ccc(-c3ccc(-c4c(Cc5ccccc5)oc5ccccc45)cc3)cc2)cc1. The second kappa shape index (κ2) is 10.8. The van der Waals surface area contributed by atoms with Crippen LogP contribution < -0.4 is 4.18 Å². The highest BCUT2D eigenvalue weighted by Gasteiger charge is 2.18. The summed E-state index contributed by atoms with van der Waals surface area (Å²) in [6.45, 7) is 0. The van der Waals surface area contributed by atoms with Gasteiger partial charge in [-0.3, -0.25) is 0 Å². The first-order chi connectivity index (χ1) is 19.9. The van der Waals surface area contributed by atoms with Crippen LogP contribution in [-0.4, -0.2) is 19.5 Å². The highest BCUT2D eigenvalue weighted by Crippen LogP contribution is 2.37. The quantitative estimate of drug-likeness (QED) is 0.191. The molecular formula is C34H24O6S. The van der Waals surface area contributed by atoms with Crippen molar-refractivity contribution in [3.63, 3.8) is 0 Å². The van der Waals surface area contributed by atoms with Crippen molar-refractivity contribution in [2.45, 2.75) is 11.3 Å². The number of hydrogen-bond acceptors (Lipinski definition) is 5. The highest BCUT2D eigenvalue weighted by atomic mass is 32.2. The highest BCUT2D eigenvalue weighted by molar-refractivity contribution is 7.87. The van der Waals surface area contributed by atoms with Gasteiger partial charge in [-0.15, -0.1) is 0 Å². The zero-order chi connectivity index (χ0) is 28.4. The summed E-state index contributed by atoms with van der Waals surface area (Å²) < 4.78 is 36.8. The molecule has 6 rings (SSSR count). The van der Waals surface area contributed by atoms with Gasteiger partial charge in [0.15, 0.2) is 0 Å². The third-order valence-electron chi connectivity index (χ3n) is 6.83. The number of benzene rings is 5. The predicted octanol–water partition coefficient (Wildman–Crippen LogP) is 7.82. The summed E-state index contributed by atoms with van der Waals surface area (Å²) in [6.07, 6.45) is 0.681. The molecule has 6 nitrogen and oxygen atoms in total. The van der Waals surface area contributed by atoms with Gasteiger partial charge in [0.05, 0.1) is 5.56 Å². The van der Waals surface area contributed by atoms with Gasteiger partial charge in [0, 0.05) is 17.4 Å². The zero-order valence-corrected chi connectivity index (χ0v) is 22.5. The maximum atomic E-state index is 12.6. The van der Waals surface area contributed by atoms with Gasteiger partial charge in [-0.25, -0.2) is 4.79 Å². The van der Waals surface area contributed by atoms with E-state index in [4.69, 9.17) is 13.7 Å². The molecule has 5 aromatic carbocycles. The first-order valence-electron chi connectivity index (χ1n) is 12.9. The third kappa shape index (κ3) is 5.48. The minimum Gasteiger partial charge on any atom is -0.478 e. The summed E-state index contributed by atoms with van der Waals surface area (Å²) >= 11 is 0. The number of carbonyl (C=O) groups is 1. The molecule has 202 valence electrons. The van der Waals surface area contributed by atoms with E-state index in [1.807, 2.05) is 48.5 Å². The Bertz CT molecular complexity index is 1940. The number of carboxylic acids is 1. The second-order valence-corrected chi connectivity index (χ2v) is 11.1. The lowest BCUT2D eigenvalue weighted by Gasteiger charge is -2.09. The molecule has 6 aromatic rings. The molecule has 41 heavy (non-hydrogen) atoms. The minimum absolute atomic E-state index is 0.00676. The van der Waals surface area contributed by atoms with E-state index in [1.54, 1.807) is 24.3 Å². The van der Waals surface area contributed by atoms with Gasteiger partial charge in [-0.05, 0) is 64.7 Å². The van der Waals surface area contributed by atoms with Crippen LogP contribution in [0.15, 0.2) is 137 Å². The zero-order valence-electron chi connectivity index (χ0n) is 21.7. The van der Waals surface area contributed by atoms with Crippen molar-refractivity contribution in [2.24, 2.45) is 0 Å². The second-order valence-electron chi connectivity index (χ2n) is 9.53. The number of rotatable bonds is 8. The van der Waals surface area contributed by atoms with Gasteiger partial charge >= 0.3 is 16.1 Å². The van der Waals surface area contributed by atoms with Crippen LogP contribution in [0.5, 0.6) is 5.75 Å².